The Labute approximate surface area is 76.7 Å². The highest BCUT2D eigenvalue weighted by Crippen LogP contribution is 2.17. The Kier molecular flexibility index (Phi) is 2.56. The summed E-state index contributed by atoms with van der Waals surface area (Å²) in [5.74, 6) is 2.80. The number of hydrogen-bond donors (Lipinski definition) is 2. The number of amides is 1. The van der Waals surface area contributed by atoms with Crippen LogP contribution < -0.4 is 10.6 Å². The highest BCUT2D eigenvalue weighted by atomic mass is 32.2. The van der Waals surface area contributed by atoms with Crippen LogP contribution in [0.5, 0.6) is 0 Å². The fourth-order valence-electron chi connectivity index (χ4n) is 1.44. The third-order valence-electron chi connectivity index (χ3n) is 2.43. The van der Waals surface area contributed by atoms with E-state index in [2.05, 4.69) is 10.6 Å². The zero-order valence-corrected chi connectivity index (χ0v) is 7.82. The maximum absolute atomic E-state index is 11.4. The maximum atomic E-state index is 11.4. The molecule has 68 valence electrons. The molecular weight excluding hydrogens is 172 g/mol. The van der Waals surface area contributed by atoms with Crippen molar-refractivity contribution in [2.45, 2.75) is 12.5 Å². The molecule has 1 unspecified atom stereocenters. The van der Waals surface area contributed by atoms with E-state index in [1.165, 1.54) is 5.75 Å². The van der Waals surface area contributed by atoms with Crippen LogP contribution in [0.25, 0.3) is 0 Å². The minimum absolute atomic E-state index is 0.246. The van der Waals surface area contributed by atoms with Crippen molar-refractivity contribution in [2.75, 3.05) is 24.6 Å². The van der Waals surface area contributed by atoms with Crippen LogP contribution in [0.15, 0.2) is 0 Å². The molecule has 0 aromatic rings. The fraction of sp³-hybridized carbons (Fsp3) is 0.875. The Hall–Kier alpha value is -0.220. The van der Waals surface area contributed by atoms with Gasteiger partial charge in [-0.3, -0.25) is 4.79 Å². The molecule has 4 heteroatoms. The lowest BCUT2D eigenvalue weighted by atomic mass is 10.0. The second-order valence-electron chi connectivity index (χ2n) is 3.42. The molecule has 0 bridgehead atoms. The molecule has 1 atom stereocenters. The number of nitrogens with one attached hydrogen (secondary N) is 2. The van der Waals surface area contributed by atoms with Crippen LogP contribution in [0.2, 0.25) is 0 Å². The summed E-state index contributed by atoms with van der Waals surface area (Å²) >= 11 is 1.93. The zero-order chi connectivity index (χ0) is 8.39. The van der Waals surface area contributed by atoms with E-state index in [1.54, 1.807) is 0 Å². The Bertz CT molecular complexity index is 176. The quantitative estimate of drug-likeness (QED) is 0.629. The summed E-state index contributed by atoms with van der Waals surface area (Å²) in [6.07, 6.45) is 1.15. The van der Waals surface area contributed by atoms with Crippen molar-refractivity contribution in [1.82, 2.24) is 10.6 Å². The largest absolute Gasteiger partial charge is 0.352 e. The smallest absolute Gasteiger partial charge is 0.225 e. The van der Waals surface area contributed by atoms with E-state index < -0.39 is 0 Å². The van der Waals surface area contributed by atoms with Gasteiger partial charge in [-0.25, -0.2) is 0 Å². The predicted octanol–water partition coefficient (Wildman–Crippen LogP) is -0.173. The van der Waals surface area contributed by atoms with E-state index in [1.807, 2.05) is 11.8 Å². The molecule has 12 heavy (non-hydrogen) atoms. The number of carbonyl (C=O) groups excluding carboxylic acids is 1. The average Bonchev–Trinajstić information content (AvgIpc) is 2.34. The number of carbonyl (C=O) groups is 1. The zero-order valence-electron chi connectivity index (χ0n) is 7.01. The standard InChI is InChI=1S/C8H14N2OS/c11-8(6-3-9-4-6)10-7-1-2-12-5-7/h6-7,9H,1-5H2,(H,10,11). The Morgan fingerprint density at radius 2 is 2.33 bits per heavy atom. The lowest BCUT2D eigenvalue weighted by Crippen LogP contribution is -2.52. The van der Waals surface area contributed by atoms with Gasteiger partial charge in [0.05, 0.1) is 5.92 Å². The molecule has 2 fully saturated rings. The van der Waals surface area contributed by atoms with Crippen molar-refractivity contribution in [3.05, 3.63) is 0 Å². The highest BCUT2D eigenvalue weighted by Gasteiger charge is 2.27. The molecule has 2 N–H and O–H groups in total. The molecule has 2 heterocycles. The van der Waals surface area contributed by atoms with Gasteiger partial charge in [0, 0.05) is 24.9 Å². The molecule has 0 aromatic carbocycles. The van der Waals surface area contributed by atoms with Crippen LogP contribution in [0.1, 0.15) is 6.42 Å². The molecule has 0 saturated carbocycles. The number of rotatable bonds is 2. The second kappa shape index (κ2) is 3.66. The van der Waals surface area contributed by atoms with Crippen LogP contribution in [0, 0.1) is 5.92 Å². The first-order chi connectivity index (χ1) is 5.86. The molecule has 0 spiro atoms. The summed E-state index contributed by atoms with van der Waals surface area (Å²) < 4.78 is 0. The van der Waals surface area contributed by atoms with Crippen molar-refractivity contribution < 1.29 is 4.79 Å². The summed E-state index contributed by atoms with van der Waals surface area (Å²) in [4.78, 5) is 11.4. The first kappa shape index (κ1) is 8.38. The van der Waals surface area contributed by atoms with Crippen molar-refractivity contribution in [2.24, 2.45) is 5.92 Å². The van der Waals surface area contributed by atoms with Gasteiger partial charge in [0.1, 0.15) is 0 Å². The van der Waals surface area contributed by atoms with Gasteiger partial charge in [-0.2, -0.15) is 11.8 Å². The van der Waals surface area contributed by atoms with Crippen LogP contribution in [0.4, 0.5) is 0 Å². The predicted molar refractivity (Wildman–Crippen MR) is 50.2 cm³/mol. The van der Waals surface area contributed by atoms with E-state index in [0.717, 1.165) is 25.3 Å². The van der Waals surface area contributed by atoms with Crippen LogP contribution in [0.3, 0.4) is 0 Å². The van der Waals surface area contributed by atoms with Crippen LogP contribution >= 0.6 is 11.8 Å². The van der Waals surface area contributed by atoms with E-state index >= 15 is 0 Å². The molecule has 0 radical (unpaired) electrons. The molecule has 2 aliphatic rings. The summed E-state index contributed by atoms with van der Waals surface area (Å²) in [5.41, 5.74) is 0. The van der Waals surface area contributed by atoms with Gasteiger partial charge < -0.3 is 10.6 Å². The first-order valence-electron chi connectivity index (χ1n) is 4.45. The monoisotopic (exact) mass is 186 g/mol. The van der Waals surface area contributed by atoms with Crippen molar-refractivity contribution in [1.29, 1.82) is 0 Å². The molecular formula is C8H14N2OS. The SMILES string of the molecule is O=C(NC1CCSC1)C1CNC1. The van der Waals surface area contributed by atoms with Gasteiger partial charge in [0.2, 0.25) is 5.91 Å². The minimum atomic E-state index is 0.246. The van der Waals surface area contributed by atoms with Gasteiger partial charge in [-0.05, 0) is 12.2 Å². The minimum Gasteiger partial charge on any atom is -0.352 e. The molecule has 2 rings (SSSR count). The Balaban J connectivity index is 1.73. The molecule has 3 nitrogen and oxygen atoms in total. The number of thioether (sulfide) groups is 1. The average molecular weight is 186 g/mol. The normalized spacial score (nSPS) is 29.8. The third-order valence-corrected chi connectivity index (χ3v) is 3.59. The number of hydrogen-bond acceptors (Lipinski definition) is 3. The van der Waals surface area contributed by atoms with Crippen molar-refractivity contribution in [3.63, 3.8) is 0 Å². The third kappa shape index (κ3) is 1.75. The lowest BCUT2D eigenvalue weighted by Gasteiger charge is -2.27. The Morgan fingerprint density at radius 1 is 1.50 bits per heavy atom. The summed E-state index contributed by atoms with van der Waals surface area (Å²) in [6.45, 7) is 1.73. The van der Waals surface area contributed by atoms with Crippen LogP contribution in [-0.4, -0.2) is 36.5 Å². The van der Waals surface area contributed by atoms with Crippen molar-refractivity contribution >= 4 is 17.7 Å². The lowest BCUT2D eigenvalue weighted by molar-refractivity contribution is -0.126. The van der Waals surface area contributed by atoms with E-state index in [4.69, 9.17) is 0 Å². The summed E-state index contributed by atoms with van der Waals surface area (Å²) in [7, 11) is 0. The molecule has 0 aliphatic carbocycles. The maximum Gasteiger partial charge on any atom is 0.225 e. The first-order valence-corrected chi connectivity index (χ1v) is 5.60. The summed E-state index contributed by atoms with van der Waals surface area (Å²) in [5, 5.41) is 6.18. The van der Waals surface area contributed by atoms with Gasteiger partial charge in [-0.1, -0.05) is 0 Å². The van der Waals surface area contributed by atoms with Gasteiger partial charge in [0.15, 0.2) is 0 Å². The molecule has 0 aromatic heterocycles. The van der Waals surface area contributed by atoms with Crippen molar-refractivity contribution in [3.8, 4) is 0 Å². The van der Waals surface area contributed by atoms with E-state index in [0.29, 0.717) is 6.04 Å². The van der Waals surface area contributed by atoms with E-state index in [9.17, 15) is 4.79 Å². The molecule has 2 aliphatic heterocycles. The van der Waals surface area contributed by atoms with Crippen LogP contribution in [-0.2, 0) is 4.79 Å². The van der Waals surface area contributed by atoms with Gasteiger partial charge in [-0.15, -0.1) is 0 Å². The highest BCUT2D eigenvalue weighted by molar-refractivity contribution is 7.99. The summed E-state index contributed by atoms with van der Waals surface area (Å²) in [6, 6.07) is 0.447. The Morgan fingerprint density at radius 3 is 2.83 bits per heavy atom. The second-order valence-corrected chi connectivity index (χ2v) is 4.57. The van der Waals surface area contributed by atoms with E-state index in [-0.39, 0.29) is 11.8 Å². The molecule has 2 saturated heterocycles. The van der Waals surface area contributed by atoms with Gasteiger partial charge >= 0.3 is 0 Å². The fourth-order valence-corrected chi connectivity index (χ4v) is 2.59. The van der Waals surface area contributed by atoms with Gasteiger partial charge in [0.25, 0.3) is 0 Å². The molecule has 1 amide bonds. The topological polar surface area (TPSA) is 41.1 Å².